The minimum Gasteiger partial charge on any atom is -0.454 e. The summed E-state index contributed by atoms with van der Waals surface area (Å²) >= 11 is 0. The van der Waals surface area contributed by atoms with Crippen LogP contribution >= 0.6 is 0 Å². The molecule has 23 heavy (non-hydrogen) atoms. The smallest absolute Gasteiger partial charge is 0.251 e. The van der Waals surface area contributed by atoms with E-state index in [4.69, 9.17) is 9.47 Å². The van der Waals surface area contributed by atoms with Crippen LogP contribution in [0.15, 0.2) is 18.2 Å². The monoisotopic (exact) mass is 318 g/mol. The maximum absolute atomic E-state index is 12.1. The van der Waals surface area contributed by atoms with Crippen molar-refractivity contribution in [3.05, 3.63) is 23.8 Å². The summed E-state index contributed by atoms with van der Waals surface area (Å²) in [6.07, 6.45) is 4.33. The Morgan fingerprint density at radius 3 is 2.65 bits per heavy atom. The lowest BCUT2D eigenvalue weighted by atomic mass is 9.87. The van der Waals surface area contributed by atoms with Crippen LogP contribution in [0.5, 0.6) is 11.5 Å². The van der Waals surface area contributed by atoms with E-state index in [0.717, 1.165) is 31.6 Å². The highest BCUT2D eigenvalue weighted by Gasteiger charge is 2.20. The third-order valence-corrected chi connectivity index (χ3v) is 4.43. The number of hydrogen-bond acceptors (Lipinski definition) is 4. The summed E-state index contributed by atoms with van der Waals surface area (Å²) in [5, 5.41) is 5.63. The zero-order chi connectivity index (χ0) is 16.2. The first-order valence-corrected chi connectivity index (χ1v) is 8.09. The van der Waals surface area contributed by atoms with Gasteiger partial charge in [-0.3, -0.25) is 9.59 Å². The molecule has 0 unspecified atom stereocenters. The topological polar surface area (TPSA) is 76.7 Å². The van der Waals surface area contributed by atoms with E-state index in [2.05, 4.69) is 17.6 Å². The van der Waals surface area contributed by atoms with Gasteiger partial charge in [0.25, 0.3) is 5.91 Å². The zero-order valence-corrected chi connectivity index (χ0v) is 13.3. The van der Waals surface area contributed by atoms with E-state index >= 15 is 0 Å². The van der Waals surface area contributed by atoms with Crippen LogP contribution in [0.25, 0.3) is 0 Å². The van der Waals surface area contributed by atoms with Crippen molar-refractivity contribution >= 4 is 11.8 Å². The molecule has 2 N–H and O–H groups in total. The summed E-state index contributed by atoms with van der Waals surface area (Å²) in [6, 6.07) is 5.21. The van der Waals surface area contributed by atoms with Gasteiger partial charge in [0.15, 0.2) is 11.5 Å². The molecular formula is C17H22N2O4. The summed E-state index contributed by atoms with van der Waals surface area (Å²) in [7, 11) is 0. The van der Waals surface area contributed by atoms with Crippen LogP contribution in [0.3, 0.4) is 0 Å². The number of carbonyl (C=O) groups is 2. The average Bonchev–Trinajstić information content (AvgIpc) is 3.02. The number of nitrogens with one attached hydrogen (secondary N) is 2. The second kappa shape index (κ2) is 6.89. The number of benzene rings is 1. The van der Waals surface area contributed by atoms with Crippen LogP contribution < -0.4 is 20.1 Å². The van der Waals surface area contributed by atoms with Crippen LogP contribution in [-0.4, -0.2) is 31.2 Å². The molecule has 0 aromatic heterocycles. The van der Waals surface area contributed by atoms with Crippen molar-refractivity contribution in [2.75, 3.05) is 13.3 Å². The summed E-state index contributed by atoms with van der Waals surface area (Å²) in [6.45, 7) is 2.39. The molecule has 2 amide bonds. The molecule has 3 rings (SSSR count). The highest BCUT2D eigenvalue weighted by molar-refractivity contribution is 5.97. The van der Waals surface area contributed by atoms with E-state index < -0.39 is 0 Å². The molecule has 0 atom stereocenters. The van der Waals surface area contributed by atoms with Gasteiger partial charge in [-0.25, -0.2) is 0 Å². The highest BCUT2D eigenvalue weighted by Crippen LogP contribution is 2.32. The van der Waals surface area contributed by atoms with Crippen molar-refractivity contribution in [3.8, 4) is 11.5 Å². The molecule has 2 aliphatic rings. The van der Waals surface area contributed by atoms with E-state index in [0.29, 0.717) is 17.1 Å². The third kappa shape index (κ3) is 3.94. The number of carbonyl (C=O) groups excluding carboxylic acids is 2. The van der Waals surface area contributed by atoms with Crippen molar-refractivity contribution in [2.45, 2.75) is 38.6 Å². The van der Waals surface area contributed by atoms with Crippen LogP contribution in [-0.2, 0) is 4.79 Å². The van der Waals surface area contributed by atoms with Gasteiger partial charge >= 0.3 is 0 Å². The Morgan fingerprint density at radius 1 is 1.13 bits per heavy atom. The number of ether oxygens (including phenoxy) is 2. The van der Waals surface area contributed by atoms with Gasteiger partial charge in [0.2, 0.25) is 12.7 Å². The van der Waals surface area contributed by atoms with Gasteiger partial charge in [-0.15, -0.1) is 0 Å². The Labute approximate surface area is 135 Å². The number of fused-ring (bicyclic) bond motifs is 1. The van der Waals surface area contributed by atoms with Gasteiger partial charge in [-0.2, -0.15) is 0 Å². The molecule has 0 spiro atoms. The van der Waals surface area contributed by atoms with E-state index in [1.807, 2.05) is 0 Å². The van der Waals surface area contributed by atoms with E-state index in [1.54, 1.807) is 18.2 Å². The van der Waals surface area contributed by atoms with Crippen molar-refractivity contribution in [2.24, 2.45) is 5.92 Å². The molecule has 0 radical (unpaired) electrons. The molecule has 1 aliphatic heterocycles. The summed E-state index contributed by atoms with van der Waals surface area (Å²) in [5.74, 6) is 1.49. The second-order valence-corrected chi connectivity index (χ2v) is 6.28. The Morgan fingerprint density at radius 2 is 1.87 bits per heavy atom. The molecule has 6 nitrogen and oxygen atoms in total. The van der Waals surface area contributed by atoms with Gasteiger partial charge in [0.1, 0.15) is 0 Å². The van der Waals surface area contributed by atoms with Crippen molar-refractivity contribution in [3.63, 3.8) is 0 Å². The molecule has 0 saturated heterocycles. The molecular weight excluding hydrogens is 296 g/mol. The summed E-state index contributed by atoms with van der Waals surface area (Å²) in [4.78, 5) is 24.0. The first-order valence-electron chi connectivity index (χ1n) is 8.09. The van der Waals surface area contributed by atoms with Crippen LogP contribution in [0, 0.1) is 5.92 Å². The highest BCUT2D eigenvalue weighted by atomic mass is 16.7. The lowest BCUT2D eigenvalue weighted by molar-refractivity contribution is -0.121. The molecule has 1 fully saturated rings. The van der Waals surface area contributed by atoms with Gasteiger partial charge in [-0.1, -0.05) is 6.92 Å². The SMILES string of the molecule is CC1CCC(NC(=O)CNC(=O)c2ccc3c(c2)OCO3)CC1. The molecule has 6 heteroatoms. The predicted molar refractivity (Wildman–Crippen MR) is 84.5 cm³/mol. The maximum atomic E-state index is 12.1. The van der Waals surface area contributed by atoms with Crippen molar-refractivity contribution < 1.29 is 19.1 Å². The largest absolute Gasteiger partial charge is 0.454 e. The van der Waals surface area contributed by atoms with Gasteiger partial charge in [-0.05, 0) is 49.8 Å². The molecule has 1 aromatic rings. The standard InChI is InChI=1S/C17H22N2O4/c1-11-2-5-13(6-3-11)19-16(20)9-18-17(21)12-4-7-14-15(8-12)23-10-22-14/h4,7-8,11,13H,2-3,5-6,9-10H2,1H3,(H,18,21)(H,19,20). The molecule has 1 aromatic carbocycles. The fraction of sp³-hybridized carbons (Fsp3) is 0.529. The second-order valence-electron chi connectivity index (χ2n) is 6.28. The quantitative estimate of drug-likeness (QED) is 0.888. The summed E-state index contributed by atoms with van der Waals surface area (Å²) < 4.78 is 10.4. The normalized spacial score (nSPS) is 22.5. The lowest BCUT2D eigenvalue weighted by Gasteiger charge is -2.26. The minimum absolute atomic E-state index is 0.0146. The molecule has 124 valence electrons. The molecule has 1 saturated carbocycles. The number of rotatable bonds is 4. The molecule has 1 heterocycles. The van der Waals surface area contributed by atoms with Crippen molar-refractivity contribution in [1.82, 2.24) is 10.6 Å². The third-order valence-electron chi connectivity index (χ3n) is 4.43. The number of amides is 2. The summed E-state index contributed by atoms with van der Waals surface area (Å²) in [5.41, 5.74) is 0.452. The Hall–Kier alpha value is -2.24. The number of hydrogen-bond donors (Lipinski definition) is 2. The Balaban J connectivity index is 1.46. The minimum atomic E-state index is -0.296. The Bertz CT molecular complexity index is 594. The average molecular weight is 318 g/mol. The van der Waals surface area contributed by atoms with Gasteiger partial charge in [0, 0.05) is 11.6 Å². The van der Waals surface area contributed by atoms with Gasteiger partial charge in [0.05, 0.1) is 6.54 Å². The molecule has 0 bridgehead atoms. The van der Waals surface area contributed by atoms with Crippen molar-refractivity contribution in [1.29, 1.82) is 0 Å². The first kappa shape index (κ1) is 15.6. The van der Waals surface area contributed by atoms with E-state index in [-0.39, 0.29) is 31.2 Å². The zero-order valence-electron chi connectivity index (χ0n) is 13.3. The van der Waals surface area contributed by atoms with Crippen LogP contribution in [0.1, 0.15) is 43.0 Å². The van der Waals surface area contributed by atoms with Crippen LogP contribution in [0.2, 0.25) is 0 Å². The van der Waals surface area contributed by atoms with E-state index in [9.17, 15) is 9.59 Å². The maximum Gasteiger partial charge on any atom is 0.251 e. The first-order chi connectivity index (χ1) is 11.1. The molecule has 1 aliphatic carbocycles. The fourth-order valence-corrected chi connectivity index (χ4v) is 2.98. The lowest BCUT2D eigenvalue weighted by Crippen LogP contribution is -2.43. The fourth-order valence-electron chi connectivity index (χ4n) is 2.98. The van der Waals surface area contributed by atoms with Crippen LogP contribution in [0.4, 0.5) is 0 Å². The predicted octanol–water partition coefficient (Wildman–Crippen LogP) is 1.84. The Kier molecular flexibility index (Phi) is 4.69. The van der Waals surface area contributed by atoms with Gasteiger partial charge < -0.3 is 20.1 Å². The van der Waals surface area contributed by atoms with E-state index in [1.165, 1.54) is 0 Å².